The van der Waals surface area contributed by atoms with E-state index >= 15 is 0 Å². The molecule has 0 radical (unpaired) electrons. The second kappa shape index (κ2) is 6.18. The Morgan fingerprint density at radius 2 is 1.76 bits per heavy atom. The summed E-state index contributed by atoms with van der Waals surface area (Å²) in [5, 5.41) is 3.58. The van der Waals surface area contributed by atoms with E-state index in [0.29, 0.717) is 5.41 Å². The van der Waals surface area contributed by atoms with Crippen molar-refractivity contribution < 1.29 is 0 Å². The van der Waals surface area contributed by atoms with Crippen molar-refractivity contribution in [1.29, 1.82) is 0 Å². The minimum atomic E-state index is 0.368. The number of nitrogens with two attached hydrogens (primary N) is 1. The van der Waals surface area contributed by atoms with Gasteiger partial charge in [-0.2, -0.15) is 0 Å². The molecule has 1 aromatic rings. The van der Waals surface area contributed by atoms with Crippen molar-refractivity contribution >= 4 is 0 Å². The maximum Gasteiger partial charge on any atom is 0.0205 e. The smallest absolute Gasteiger partial charge is 0.0205 e. The molecule has 2 nitrogen and oxygen atoms in total. The molecular weight excluding hydrogens is 208 g/mol. The Morgan fingerprint density at radius 3 is 2.41 bits per heavy atom. The number of hydrogen-bond donors (Lipinski definition) is 2. The molecular formula is C15H24N2. The van der Waals surface area contributed by atoms with E-state index in [1.807, 2.05) is 0 Å². The Kier molecular flexibility index (Phi) is 4.57. The molecule has 0 saturated heterocycles. The van der Waals surface area contributed by atoms with Crippen LogP contribution in [0, 0.1) is 5.41 Å². The lowest BCUT2D eigenvalue weighted by Crippen LogP contribution is -2.41. The van der Waals surface area contributed by atoms with Crippen LogP contribution >= 0.6 is 0 Å². The fraction of sp³-hybridized carbons (Fsp3) is 0.600. The molecule has 0 spiro atoms. The van der Waals surface area contributed by atoms with Gasteiger partial charge in [0.1, 0.15) is 0 Å². The predicted octanol–water partition coefficient (Wildman–Crippen LogP) is 2.69. The summed E-state index contributed by atoms with van der Waals surface area (Å²) < 4.78 is 0. The Bertz CT molecular complexity index is 315. The van der Waals surface area contributed by atoms with Gasteiger partial charge in [0.15, 0.2) is 0 Å². The minimum absolute atomic E-state index is 0.368. The maximum atomic E-state index is 5.98. The molecule has 1 aromatic carbocycles. The van der Waals surface area contributed by atoms with Crippen molar-refractivity contribution in [1.82, 2.24) is 5.32 Å². The van der Waals surface area contributed by atoms with Gasteiger partial charge in [-0.3, -0.25) is 0 Å². The summed E-state index contributed by atoms with van der Waals surface area (Å²) in [5.41, 5.74) is 7.70. The van der Waals surface area contributed by atoms with E-state index < -0.39 is 0 Å². The molecule has 0 bridgehead atoms. The van der Waals surface area contributed by atoms with E-state index in [4.69, 9.17) is 5.73 Å². The number of nitrogens with one attached hydrogen (secondary N) is 1. The maximum absolute atomic E-state index is 5.98. The van der Waals surface area contributed by atoms with E-state index in [9.17, 15) is 0 Å². The van der Waals surface area contributed by atoms with Crippen LogP contribution in [0.2, 0.25) is 0 Å². The molecule has 3 N–H and O–H groups in total. The van der Waals surface area contributed by atoms with Gasteiger partial charge in [0.25, 0.3) is 0 Å². The second-order valence-electron chi connectivity index (χ2n) is 5.35. The molecule has 0 atom stereocenters. The van der Waals surface area contributed by atoms with Crippen molar-refractivity contribution in [2.45, 2.75) is 38.6 Å². The Balaban J connectivity index is 1.80. The van der Waals surface area contributed by atoms with Crippen LogP contribution in [0.3, 0.4) is 0 Å². The highest BCUT2D eigenvalue weighted by Crippen LogP contribution is 2.34. The van der Waals surface area contributed by atoms with Crippen molar-refractivity contribution in [3.05, 3.63) is 35.9 Å². The van der Waals surface area contributed by atoms with Crippen molar-refractivity contribution in [3.63, 3.8) is 0 Å². The number of benzene rings is 1. The molecule has 1 saturated carbocycles. The molecule has 2 heteroatoms. The highest BCUT2D eigenvalue weighted by atomic mass is 14.9. The van der Waals surface area contributed by atoms with E-state index in [0.717, 1.165) is 19.6 Å². The molecule has 0 amide bonds. The van der Waals surface area contributed by atoms with E-state index in [2.05, 4.69) is 35.6 Å². The third-order valence-electron chi connectivity index (χ3n) is 4.02. The largest absolute Gasteiger partial charge is 0.330 e. The lowest BCUT2D eigenvalue weighted by Gasteiger charge is -2.36. The molecule has 94 valence electrons. The van der Waals surface area contributed by atoms with Gasteiger partial charge in [0, 0.05) is 13.1 Å². The fourth-order valence-electron chi connectivity index (χ4n) is 2.82. The zero-order valence-corrected chi connectivity index (χ0v) is 10.6. The summed E-state index contributed by atoms with van der Waals surface area (Å²) in [5.74, 6) is 0. The highest BCUT2D eigenvalue weighted by molar-refractivity contribution is 5.14. The summed E-state index contributed by atoms with van der Waals surface area (Å²) in [6, 6.07) is 10.6. The average molecular weight is 232 g/mol. The van der Waals surface area contributed by atoms with E-state index in [1.165, 1.54) is 37.7 Å². The van der Waals surface area contributed by atoms with Crippen LogP contribution in [0.5, 0.6) is 0 Å². The molecule has 17 heavy (non-hydrogen) atoms. The first-order chi connectivity index (χ1) is 8.35. The molecule has 1 aliphatic carbocycles. The summed E-state index contributed by atoms with van der Waals surface area (Å²) >= 11 is 0. The lowest BCUT2D eigenvalue weighted by molar-refractivity contribution is 0.191. The van der Waals surface area contributed by atoms with Gasteiger partial charge in [0.2, 0.25) is 0 Å². The zero-order chi connectivity index (χ0) is 12.0. The van der Waals surface area contributed by atoms with Crippen LogP contribution < -0.4 is 11.1 Å². The van der Waals surface area contributed by atoms with Gasteiger partial charge < -0.3 is 11.1 Å². The molecule has 0 heterocycles. The third kappa shape index (κ3) is 3.55. The van der Waals surface area contributed by atoms with Crippen LogP contribution in [-0.2, 0) is 6.54 Å². The Hall–Kier alpha value is -0.860. The van der Waals surface area contributed by atoms with Crippen LogP contribution in [-0.4, -0.2) is 13.1 Å². The van der Waals surface area contributed by atoms with Crippen molar-refractivity contribution in [2.75, 3.05) is 13.1 Å². The SMILES string of the molecule is NCC1(CNCc2ccccc2)CCCCC1. The van der Waals surface area contributed by atoms with Gasteiger partial charge >= 0.3 is 0 Å². The van der Waals surface area contributed by atoms with Gasteiger partial charge in [-0.05, 0) is 30.4 Å². The van der Waals surface area contributed by atoms with Crippen LogP contribution in [0.1, 0.15) is 37.7 Å². The van der Waals surface area contributed by atoms with Gasteiger partial charge in [0.05, 0.1) is 0 Å². The standard InChI is InChI=1S/C15H24N2/c16-12-15(9-5-2-6-10-15)13-17-11-14-7-3-1-4-8-14/h1,3-4,7-8,17H,2,5-6,9-13,16H2. The fourth-order valence-corrected chi connectivity index (χ4v) is 2.82. The molecule has 1 aliphatic rings. The first kappa shape index (κ1) is 12.6. The lowest BCUT2D eigenvalue weighted by atomic mass is 9.74. The highest BCUT2D eigenvalue weighted by Gasteiger charge is 2.29. The van der Waals surface area contributed by atoms with Crippen molar-refractivity contribution in [3.8, 4) is 0 Å². The molecule has 2 rings (SSSR count). The summed E-state index contributed by atoms with van der Waals surface area (Å²) in [6.07, 6.45) is 6.69. The zero-order valence-electron chi connectivity index (χ0n) is 10.6. The summed E-state index contributed by atoms with van der Waals surface area (Å²) in [4.78, 5) is 0. The van der Waals surface area contributed by atoms with E-state index in [1.54, 1.807) is 0 Å². The second-order valence-corrected chi connectivity index (χ2v) is 5.35. The first-order valence-corrected chi connectivity index (χ1v) is 6.79. The Labute approximate surface area is 105 Å². The van der Waals surface area contributed by atoms with Crippen LogP contribution in [0.25, 0.3) is 0 Å². The molecule has 1 fully saturated rings. The van der Waals surface area contributed by atoms with E-state index in [-0.39, 0.29) is 0 Å². The summed E-state index contributed by atoms with van der Waals surface area (Å²) in [6.45, 7) is 2.86. The van der Waals surface area contributed by atoms with Gasteiger partial charge in [-0.1, -0.05) is 49.6 Å². The quantitative estimate of drug-likeness (QED) is 0.819. The van der Waals surface area contributed by atoms with Crippen LogP contribution in [0.4, 0.5) is 0 Å². The monoisotopic (exact) mass is 232 g/mol. The normalized spacial score (nSPS) is 19.1. The molecule has 0 aliphatic heterocycles. The Morgan fingerprint density at radius 1 is 1.06 bits per heavy atom. The molecule has 0 unspecified atom stereocenters. The van der Waals surface area contributed by atoms with Gasteiger partial charge in [-0.25, -0.2) is 0 Å². The predicted molar refractivity (Wildman–Crippen MR) is 72.7 cm³/mol. The number of hydrogen-bond acceptors (Lipinski definition) is 2. The van der Waals surface area contributed by atoms with Gasteiger partial charge in [-0.15, -0.1) is 0 Å². The first-order valence-electron chi connectivity index (χ1n) is 6.79. The topological polar surface area (TPSA) is 38.0 Å². The third-order valence-corrected chi connectivity index (χ3v) is 4.02. The average Bonchev–Trinajstić information content (AvgIpc) is 2.41. The van der Waals surface area contributed by atoms with Crippen LogP contribution in [0.15, 0.2) is 30.3 Å². The van der Waals surface area contributed by atoms with Crippen molar-refractivity contribution in [2.24, 2.45) is 11.1 Å². The number of rotatable bonds is 5. The minimum Gasteiger partial charge on any atom is -0.330 e. The summed E-state index contributed by atoms with van der Waals surface area (Å²) in [7, 11) is 0. The molecule has 0 aromatic heterocycles.